The van der Waals surface area contributed by atoms with E-state index in [2.05, 4.69) is 57.3 Å². The van der Waals surface area contributed by atoms with Crippen molar-refractivity contribution in [3.63, 3.8) is 0 Å². The Bertz CT molecular complexity index is 1300. The molecule has 7 heteroatoms. The second kappa shape index (κ2) is 7.67. The number of fused-ring (bicyclic) bond motifs is 1. The molecule has 0 saturated carbocycles. The van der Waals surface area contributed by atoms with Gasteiger partial charge in [-0.15, -0.1) is 0 Å². The van der Waals surface area contributed by atoms with Gasteiger partial charge in [0.05, 0.1) is 17.5 Å². The normalized spacial score (nSPS) is 14.0. The van der Waals surface area contributed by atoms with Crippen molar-refractivity contribution in [2.45, 2.75) is 40.3 Å². The molecule has 0 fully saturated rings. The Hall–Kier alpha value is -3.45. The van der Waals surface area contributed by atoms with Crippen LogP contribution in [0, 0.1) is 20.8 Å². The topological polar surface area (TPSA) is 80.0 Å². The Morgan fingerprint density at radius 2 is 2.06 bits per heavy atom. The second-order valence-corrected chi connectivity index (χ2v) is 8.15. The van der Waals surface area contributed by atoms with Crippen molar-refractivity contribution in [3.8, 4) is 17.4 Å². The predicted molar refractivity (Wildman–Crippen MR) is 118 cm³/mol. The fraction of sp³-hybridized carbons (Fsp3) is 0.292. The SMILES string of the molecule is Cc1cccnc1-n1c(C)cc(CN2CCc3nc(-c4ccco4)[nH]c(=O)c3C2)c1C. The van der Waals surface area contributed by atoms with Crippen LogP contribution in [0.15, 0.2) is 52.0 Å². The van der Waals surface area contributed by atoms with Crippen LogP contribution in [0.3, 0.4) is 0 Å². The lowest BCUT2D eigenvalue weighted by Gasteiger charge is -2.27. The third kappa shape index (κ3) is 3.51. The zero-order valence-corrected chi connectivity index (χ0v) is 18.0. The quantitative estimate of drug-likeness (QED) is 0.550. The molecule has 4 aromatic heterocycles. The molecule has 158 valence electrons. The standard InChI is InChI=1S/C24H25N5O2/c1-15-6-4-9-25-23(15)29-16(2)12-18(17(29)3)13-28-10-8-20-19(14-28)24(30)27-22(26-20)21-7-5-11-31-21/h4-7,9,11-12H,8,10,13-14H2,1-3H3,(H,26,27,30). The molecule has 1 aliphatic rings. The number of rotatable bonds is 4. The van der Waals surface area contributed by atoms with Crippen LogP contribution < -0.4 is 5.56 Å². The number of aryl methyl sites for hydroxylation is 2. The Labute approximate surface area is 180 Å². The first-order valence-electron chi connectivity index (χ1n) is 10.5. The van der Waals surface area contributed by atoms with Gasteiger partial charge in [0, 0.05) is 43.6 Å². The van der Waals surface area contributed by atoms with Gasteiger partial charge in [0.1, 0.15) is 5.82 Å². The monoisotopic (exact) mass is 415 g/mol. The van der Waals surface area contributed by atoms with E-state index in [9.17, 15) is 4.79 Å². The zero-order valence-electron chi connectivity index (χ0n) is 18.0. The van der Waals surface area contributed by atoms with Crippen molar-refractivity contribution in [3.05, 3.63) is 86.9 Å². The molecule has 0 bridgehead atoms. The Kier molecular flexibility index (Phi) is 4.82. The maximum absolute atomic E-state index is 12.7. The molecule has 7 nitrogen and oxygen atoms in total. The van der Waals surface area contributed by atoms with E-state index in [1.165, 1.54) is 11.3 Å². The molecule has 5 rings (SSSR count). The van der Waals surface area contributed by atoms with Crippen LogP contribution in [0.25, 0.3) is 17.4 Å². The van der Waals surface area contributed by atoms with E-state index in [0.29, 0.717) is 18.1 Å². The molecular weight excluding hydrogens is 390 g/mol. The van der Waals surface area contributed by atoms with Crippen LogP contribution in [0.2, 0.25) is 0 Å². The third-order valence-corrected chi connectivity index (χ3v) is 6.03. The lowest BCUT2D eigenvalue weighted by atomic mass is 10.1. The van der Waals surface area contributed by atoms with E-state index in [1.807, 2.05) is 12.3 Å². The van der Waals surface area contributed by atoms with Crippen LogP contribution in [-0.4, -0.2) is 31.0 Å². The van der Waals surface area contributed by atoms with E-state index in [0.717, 1.165) is 47.8 Å². The van der Waals surface area contributed by atoms with Crippen molar-refractivity contribution < 1.29 is 4.42 Å². The smallest absolute Gasteiger partial charge is 0.256 e. The van der Waals surface area contributed by atoms with E-state index in [-0.39, 0.29) is 5.56 Å². The maximum Gasteiger partial charge on any atom is 0.256 e. The Morgan fingerprint density at radius 3 is 2.84 bits per heavy atom. The molecule has 0 atom stereocenters. The summed E-state index contributed by atoms with van der Waals surface area (Å²) in [5.41, 5.74) is 6.27. The molecule has 0 spiro atoms. The van der Waals surface area contributed by atoms with Gasteiger partial charge in [-0.2, -0.15) is 0 Å². The van der Waals surface area contributed by atoms with Crippen LogP contribution in [0.5, 0.6) is 0 Å². The number of nitrogens with one attached hydrogen (secondary N) is 1. The van der Waals surface area contributed by atoms with Gasteiger partial charge >= 0.3 is 0 Å². The number of hydrogen-bond donors (Lipinski definition) is 1. The summed E-state index contributed by atoms with van der Waals surface area (Å²) < 4.78 is 7.60. The summed E-state index contributed by atoms with van der Waals surface area (Å²) in [6.45, 7) is 8.55. The Morgan fingerprint density at radius 1 is 1.19 bits per heavy atom. The van der Waals surface area contributed by atoms with E-state index in [4.69, 9.17) is 4.42 Å². The molecule has 0 radical (unpaired) electrons. The van der Waals surface area contributed by atoms with Gasteiger partial charge in [0.15, 0.2) is 11.6 Å². The van der Waals surface area contributed by atoms with Crippen molar-refractivity contribution >= 4 is 0 Å². The highest BCUT2D eigenvalue weighted by Crippen LogP contribution is 2.25. The highest BCUT2D eigenvalue weighted by atomic mass is 16.3. The number of H-pyrrole nitrogens is 1. The number of pyridine rings is 1. The van der Waals surface area contributed by atoms with Crippen molar-refractivity contribution in [1.29, 1.82) is 0 Å². The number of furan rings is 1. The lowest BCUT2D eigenvalue weighted by Crippen LogP contribution is -2.35. The van der Waals surface area contributed by atoms with Gasteiger partial charge in [-0.1, -0.05) is 6.07 Å². The van der Waals surface area contributed by atoms with Gasteiger partial charge in [0.2, 0.25) is 0 Å². The first-order chi connectivity index (χ1) is 15.0. The van der Waals surface area contributed by atoms with Crippen molar-refractivity contribution in [1.82, 2.24) is 24.4 Å². The molecule has 1 aliphatic heterocycles. The second-order valence-electron chi connectivity index (χ2n) is 8.15. The Balaban J connectivity index is 1.41. The molecule has 5 heterocycles. The minimum absolute atomic E-state index is 0.0873. The summed E-state index contributed by atoms with van der Waals surface area (Å²) >= 11 is 0. The molecular formula is C24H25N5O2. The molecule has 0 aromatic carbocycles. The molecule has 4 aromatic rings. The minimum atomic E-state index is -0.0873. The lowest BCUT2D eigenvalue weighted by molar-refractivity contribution is 0.241. The van der Waals surface area contributed by atoms with Gasteiger partial charge in [-0.3, -0.25) is 9.69 Å². The number of aromatic nitrogens is 4. The summed E-state index contributed by atoms with van der Waals surface area (Å²) in [6.07, 6.45) is 4.16. The maximum atomic E-state index is 12.7. The van der Waals surface area contributed by atoms with Crippen molar-refractivity contribution in [2.75, 3.05) is 6.54 Å². The van der Waals surface area contributed by atoms with E-state index < -0.39 is 0 Å². The molecule has 0 amide bonds. The first kappa shape index (κ1) is 19.5. The van der Waals surface area contributed by atoms with Gasteiger partial charge in [0.25, 0.3) is 5.56 Å². The molecule has 0 unspecified atom stereocenters. The van der Waals surface area contributed by atoms with Gasteiger partial charge < -0.3 is 14.0 Å². The average molecular weight is 415 g/mol. The number of hydrogen-bond acceptors (Lipinski definition) is 5. The molecule has 31 heavy (non-hydrogen) atoms. The fourth-order valence-electron chi connectivity index (χ4n) is 4.41. The average Bonchev–Trinajstić information content (AvgIpc) is 3.38. The van der Waals surface area contributed by atoms with Crippen LogP contribution in [-0.2, 0) is 19.5 Å². The van der Waals surface area contributed by atoms with E-state index in [1.54, 1.807) is 18.4 Å². The van der Waals surface area contributed by atoms with Crippen LogP contribution in [0.4, 0.5) is 0 Å². The third-order valence-electron chi connectivity index (χ3n) is 6.03. The summed E-state index contributed by atoms with van der Waals surface area (Å²) in [4.78, 5) is 27.2. The highest BCUT2D eigenvalue weighted by molar-refractivity contribution is 5.47. The van der Waals surface area contributed by atoms with Gasteiger partial charge in [-0.05, 0) is 56.2 Å². The zero-order chi connectivity index (χ0) is 21.5. The van der Waals surface area contributed by atoms with Crippen LogP contribution in [0.1, 0.15) is 33.8 Å². The van der Waals surface area contributed by atoms with Crippen LogP contribution >= 0.6 is 0 Å². The van der Waals surface area contributed by atoms with E-state index >= 15 is 0 Å². The fourth-order valence-corrected chi connectivity index (χ4v) is 4.41. The largest absolute Gasteiger partial charge is 0.461 e. The number of nitrogens with zero attached hydrogens (tertiary/aromatic N) is 4. The summed E-state index contributed by atoms with van der Waals surface area (Å²) in [5, 5.41) is 0. The van der Waals surface area contributed by atoms with Gasteiger partial charge in [-0.25, -0.2) is 9.97 Å². The minimum Gasteiger partial charge on any atom is -0.461 e. The van der Waals surface area contributed by atoms with Crippen molar-refractivity contribution in [2.24, 2.45) is 0 Å². The summed E-state index contributed by atoms with van der Waals surface area (Å²) in [7, 11) is 0. The summed E-state index contributed by atoms with van der Waals surface area (Å²) in [5.74, 6) is 2.05. The summed E-state index contributed by atoms with van der Waals surface area (Å²) in [6, 6.07) is 9.86. The molecule has 0 saturated heterocycles. The first-order valence-corrected chi connectivity index (χ1v) is 10.5. The predicted octanol–water partition coefficient (Wildman–Crippen LogP) is 3.70. The number of aromatic amines is 1. The highest BCUT2D eigenvalue weighted by Gasteiger charge is 2.23. The molecule has 1 N–H and O–H groups in total. The molecule has 0 aliphatic carbocycles.